The lowest BCUT2D eigenvalue weighted by atomic mass is 9.81. The summed E-state index contributed by atoms with van der Waals surface area (Å²) in [7, 11) is 0. The fraction of sp³-hybridized carbons (Fsp3) is 0.257. The van der Waals surface area contributed by atoms with E-state index >= 15 is 0 Å². The van der Waals surface area contributed by atoms with Gasteiger partial charge < -0.3 is 30.1 Å². The molecule has 0 aromatic heterocycles. The van der Waals surface area contributed by atoms with E-state index in [1.165, 1.54) is 0 Å². The first kappa shape index (κ1) is 30.0. The molecule has 0 saturated carbocycles. The summed E-state index contributed by atoms with van der Waals surface area (Å²) in [5.41, 5.74) is 2.97. The Bertz CT molecular complexity index is 1490. The Morgan fingerprint density at radius 3 is 2.05 bits per heavy atom. The smallest absolute Gasteiger partial charge is 0.253 e. The maximum absolute atomic E-state index is 14.2. The molecule has 0 unspecified atom stereocenters. The number of carbonyl (C=O) groups is 1. The number of nitrogens with one attached hydrogen (secondary N) is 1. The molecule has 1 amide bonds. The van der Waals surface area contributed by atoms with E-state index in [9.17, 15) is 15.0 Å². The number of hydrogen-bond donors (Lipinski definition) is 4. The molecule has 0 saturated heterocycles. The lowest BCUT2D eigenvalue weighted by molar-refractivity contribution is -0.130. The van der Waals surface area contributed by atoms with Crippen LogP contribution >= 0.6 is 0 Å². The van der Waals surface area contributed by atoms with Crippen molar-refractivity contribution in [2.75, 3.05) is 26.4 Å². The van der Waals surface area contributed by atoms with Gasteiger partial charge in [-0.25, -0.2) is 4.99 Å². The Balaban J connectivity index is 1.56. The SMILES string of the molecule is O=C(NC(CO)CO)[C@]1(Cc2ccccc2)N=C(c2ccc(OCCCO)cc2)O[C@@H]1c1ccc(-c2ccccc2)cc1. The maximum atomic E-state index is 14.2. The highest BCUT2D eigenvalue weighted by Gasteiger charge is 2.53. The van der Waals surface area contributed by atoms with Crippen LogP contribution in [0.3, 0.4) is 0 Å². The standard InChI is InChI=1S/C35H36N2O6/c38-20-7-21-42-31-18-16-29(17-19-31)33-37-35(22-25-8-3-1-4-9-25,34(41)36-30(23-39)24-40)32(43-33)28-14-12-27(13-15-28)26-10-5-2-6-11-26/h1-6,8-19,30,32,38-40H,7,20-24H2,(H,36,41)/t32-,35-/m1/s1. The zero-order valence-corrected chi connectivity index (χ0v) is 23.8. The largest absolute Gasteiger partial charge is 0.494 e. The van der Waals surface area contributed by atoms with E-state index in [1.807, 2.05) is 97.1 Å². The van der Waals surface area contributed by atoms with Crippen LogP contribution in [0.15, 0.2) is 114 Å². The topological polar surface area (TPSA) is 121 Å². The molecular formula is C35H36N2O6. The molecule has 0 bridgehead atoms. The van der Waals surface area contributed by atoms with Crippen LogP contribution in [0.2, 0.25) is 0 Å². The fourth-order valence-electron chi connectivity index (χ4n) is 5.13. The van der Waals surface area contributed by atoms with Gasteiger partial charge in [0.05, 0.1) is 25.9 Å². The van der Waals surface area contributed by atoms with Crippen molar-refractivity contribution >= 4 is 11.8 Å². The average molecular weight is 581 g/mol. The van der Waals surface area contributed by atoms with E-state index < -0.39 is 36.8 Å². The third-order valence-electron chi connectivity index (χ3n) is 7.44. The summed E-state index contributed by atoms with van der Waals surface area (Å²) in [6.07, 6.45) is -0.0477. The van der Waals surface area contributed by atoms with Gasteiger partial charge in [0, 0.05) is 25.0 Å². The summed E-state index contributed by atoms with van der Waals surface area (Å²) in [6.45, 7) is -0.397. The predicted molar refractivity (Wildman–Crippen MR) is 165 cm³/mol. The van der Waals surface area contributed by atoms with Crippen molar-refractivity contribution in [1.29, 1.82) is 0 Å². The number of hydrogen-bond acceptors (Lipinski definition) is 7. The minimum atomic E-state index is -1.44. The Hall–Kier alpha value is -4.50. The lowest BCUT2D eigenvalue weighted by Crippen LogP contribution is -2.54. The van der Waals surface area contributed by atoms with Crippen molar-refractivity contribution in [3.05, 3.63) is 126 Å². The average Bonchev–Trinajstić information content (AvgIpc) is 3.45. The third-order valence-corrected chi connectivity index (χ3v) is 7.44. The molecule has 0 fully saturated rings. The van der Waals surface area contributed by atoms with Gasteiger partial charge in [0.2, 0.25) is 5.90 Å². The molecule has 0 spiro atoms. The molecule has 4 N–H and O–H groups in total. The molecular weight excluding hydrogens is 544 g/mol. The van der Waals surface area contributed by atoms with E-state index in [2.05, 4.69) is 5.32 Å². The van der Waals surface area contributed by atoms with E-state index in [0.717, 1.165) is 22.3 Å². The number of ether oxygens (including phenoxy) is 2. The Morgan fingerprint density at radius 1 is 0.814 bits per heavy atom. The second-order valence-corrected chi connectivity index (χ2v) is 10.5. The number of rotatable bonds is 13. The molecule has 0 radical (unpaired) electrons. The highest BCUT2D eigenvalue weighted by molar-refractivity contribution is 6.01. The minimum absolute atomic E-state index is 0.0510. The Labute approximate surface area is 251 Å². The first-order valence-corrected chi connectivity index (χ1v) is 14.4. The zero-order chi connectivity index (χ0) is 30.1. The van der Waals surface area contributed by atoms with Gasteiger partial charge in [0.1, 0.15) is 5.75 Å². The van der Waals surface area contributed by atoms with Crippen LogP contribution in [0.5, 0.6) is 5.75 Å². The van der Waals surface area contributed by atoms with Crippen molar-refractivity contribution in [3.63, 3.8) is 0 Å². The van der Waals surface area contributed by atoms with Gasteiger partial charge in [0.25, 0.3) is 5.91 Å². The quantitative estimate of drug-likeness (QED) is 0.177. The molecule has 2 atom stereocenters. The number of aliphatic hydroxyl groups excluding tert-OH is 3. The molecule has 222 valence electrons. The number of nitrogens with zero attached hydrogens (tertiary/aromatic N) is 1. The van der Waals surface area contributed by atoms with Crippen molar-refractivity contribution in [2.24, 2.45) is 4.99 Å². The number of aliphatic hydroxyl groups is 3. The molecule has 0 aliphatic carbocycles. The molecule has 4 aromatic rings. The van der Waals surface area contributed by atoms with Gasteiger partial charge in [-0.1, -0.05) is 84.9 Å². The van der Waals surface area contributed by atoms with Gasteiger partial charge in [-0.3, -0.25) is 4.79 Å². The summed E-state index contributed by atoms with van der Waals surface area (Å²) in [5.74, 6) is 0.487. The number of benzene rings is 4. The van der Waals surface area contributed by atoms with Gasteiger partial charge in [-0.05, 0) is 46.5 Å². The van der Waals surface area contributed by atoms with Gasteiger partial charge in [-0.15, -0.1) is 0 Å². The van der Waals surface area contributed by atoms with E-state index in [0.29, 0.717) is 30.2 Å². The van der Waals surface area contributed by atoms with E-state index in [4.69, 9.17) is 19.6 Å². The first-order chi connectivity index (χ1) is 21.1. The van der Waals surface area contributed by atoms with Crippen molar-refractivity contribution in [3.8, 4) is 16.9 Å². The van der Waals surface area contributed by atoms with Gasteiger partial charge in [0.15, 0.2) is 11.6 Å². The second kappa shape index (κ2) is 14.1. The molecule has 8 nitrogen and oxygen atoms in total. The van der Waals surface area contributed by atoms with Crippen molar-refractivity contribution in [1.82, 2.24) is 5.32 Å². The molecule has 1 heterocycles. The van der Waals surface area contributed by atoms with Crippen LogP contribution in [-0.4, -0.2) is 65.1 Å². The van der Waals surface area contributed by atoms with Crippen LogP contribution in [-0.2, 0) is 16.0 Å². The Morgan fingerprint density at radius 2 is 1.42 bits per heavy atom. The van der Waals surface area contributed by atoms with Crippen molar-refractivity contribution < 1.29 is 29.6 Å². The summed E-state index contributed by atoms with van der Waals surface area (Å²) in [4.78, 5) is 19.2. The van der Waals surface area contributed by atoms with Crippen molar-refractivity contribution in [2.45, 2.75) is 30.5 Å². The molecule has 8 heteroatoms. The minimum Gasteiger partial charge on any atom is -0.494 e. The van der Waals surface area contributed by atoms with Crippen LogP contribution in [0, 0.1) is 0 Å². The highest BCUT2D eigenvalue weighted by atomic mass is 16.5. The summed E-state index contributed by atoms with van der Waals surface area (Å²) in [6, 6.07) is 33.9. The van der Waals surface area contributed by atoms with Crippen LogP contribution in [0.25, 0.3) is 11.1 Å². The third kappa shape index (κ3) is 6.94. The molecule has 1 aliphatic rings. The zero-order valence-electron chi connectivity index (χ0n) is 23.8. The van der Waals surface area contributed by atoms with Crippen LogP contribution in [0.1, 0.15) is 29.2 Å². The first-order valence-electron chi connectivity index (χ1n) is 14.4. The molecule has 5 rings (SSSR count). The molecule has 1 aliphatic heterocycles. The summed E-state index contributed by atoms with van der Waals surface area (Å²) < 4.78 is 12.2. The normalized spacial score (nSPS) is 17.8. The van der Waals surface area contributed by atoms with Crippen LogP contribution in [0.4, 0.5) is 0 Å². The fourth-order valence-corrected chi connectivity index (χ4v) is 5.13. The monoisotopic (exact) mass is 580 g/mol. The Kier molecular flexibility index (Phi) is 9.84. The second-order valence-electron chi connectivity index (χ2n) is 10.5. The van der Waals surface area contributed by atoms with Gasteiger partial charge in [-0.2, -0.15) is 0 Å². The number of amides is 1. The summed E-state index contributed by atoms with van der Waals surface area (Å²) in [5, 5.41) is 31.4. The maximum Gasteiger partial charge on any atom is 0.253 e. The van der Waals surface area contributed by atoms with E-state index in [1.54, 1.807) is 12.1 Å². The molecule has 4 aromatic carbocycles. The predicted octanol–water partition coefficient (Wildman–Crippen LogP) is 4.08. The summed E-state index contributed by atoms with van der Waals surface area (Å²) >= 11 is 0. The number of aliphatic imine (C=N–C) groups is 1. The lowest BCUT2D eigenvalue weighted by Gasteiger charge is -2.32. The van der Waals surface area contributed by atoms with Crippen LogP contribution < -0.4 is 10.1 Å². The van der Waals surface area contributed by atoms with Gasteiger partial charge >= 0.3 is 0 Å². The highest BCUT2D eigenvalue weighted by Crippen LogP contribution is 2.43. The number of carbonyl (C=O) groups excluding carboxylic acids is 1. The molecule has 43 heavy (non-hydrogen) atoms. The van der Waals surface area contributed by atoms with E-state index in [-0.39, 0.29) is 13.0 Å².